The summed E-state index contributed by atoms with van der Waals surface area (Å²) in [6, 6.07) is 0. The van der Waals surface area contributed by atoms with E-state index in [0.717, 1.165) is 5.82 Å². The van der Waals surface area contributed by atoms with Crippen molar-refractivity contribution in [3.05, 3.63) is 5.82 Å². The summed E-state index contributed by atoms with van der Waals surface area (Å²) in [5, 5.41) is 15.6. The van der Waals surface area contributed by atoms with Crippen LogP contribution in [0.5, 0.6) is 0 Å². The number of nitrogens with zero attached hydrogens (tertiary/aromatic N) is 4. The van der Waals surface area contributed by atoms with Crippen molar-refractivity contribution in [2.24, 2.45) is 0 Å². The number of nitrogens with one attached hydrogen (secondary N) is 1. The average molecular weight is 197 g/mol. The summed E-state index contributed by atoms with van der Waals surface area (Å²) in [7, 11) is 1.89. The molecule has 0 unspecified atom stereocenters. The molecule has 0 amide bonds. The monoisotopic (exact) mass is 197 g/mol. The van der Waals surface area contributed by atoms with Gasteiger partial charge in [0, 0.05) is 0 Å². The van der Waals surface area contributed by atoms with Gasteiger partial charge in [0.15, 0.2) is 5.82 Å². The van der Waals surface area contributed by atoms with E-state index in [1.165, 1.54) is 0 Å². The average Bonchev–Trinajstić information content (AvgIpc) is 2.51. The molecule has 80 valence electrons. The lowest BCUT2D eigenvalue weighted by Gasteiger charge is -2.20. The van der Waals surface area contributed by atoms with Crippen LogP contribution in [0.2, 0.25) is 0 Å². The summed E-state index contributed by atoms with van der Waals surface area (Å²) >= 11 is 0. The summed E-state index contributed by atoms with van der Waals surface area (Å²) < 4.78 is 0. The van der Waals surface area contributed by atoms with Crippen molar-refractivity contribution in [2.45, 2.75) is 45.7 Å². The van der Waals surface area contributed by atoms with Crippen molar-refractivity contribution < 1.29 is 0 Å². The van der Waals surface area contributed by atoms with Gasteiger partial charge in [-0.05, 0) is 46.9 Å². The molecule has 0 radical (unpaired) electrons. The second-order valence-electron chi connectivity index (χ2n) is 4.95. The summed E-state index contributed by atoms with van der Waals surface area (Å²) in [5.74, 6) is 0.718. The number of hydrogen-bond donors (Lipinski definition) is 1. The Morgan fingerprint density at radius 2 is 1.71 bits per heavy atom. The van der Waals surface area contributed by atoms with Crippen LogP contribution < -0.4 is 5.32 Å². The molecule has 0 aromatic carbocycles. The zero-order valence-electron chi connectivity index (χ0n) is 9.79. The minimum Gasteiger partial charge on any atom is -0.308 e. The predicted octanol–water partition coefficient (Wildman–Crippen LogP) is 0.883. The zero-order chi connectivity index (χ0) is 11.0. The fourth-order valence-corrected chi connectivity index (χ4v) is 0.860. The van der Waals surface area contributed by atoms with Gasteiger partial charge in [-0.2, -0.15) is 4.80 Å². The van der Waals surface area contributed by atoms with Crippen molar-refractivity contribution in [1.82, 2.24) is 25.5 Å². The van der Waals surface area contributed by atoms with Gasteiger partial charge in [-0.3, -0.25) is 0 Å². The van der Waals surface area contributed by atoms with Crippen LogP contribution in [-0.4, -0.2) is 27.3 Å². The maximum atomic E-state index is 4.36. The molecule has 0 saturated carbocycles. The largest absolute Gasteiger partial charge is 0.308 e. The molecule has 1 aromatic rings. The quantitative estimate of drug-likeness (QED) is 0.764. The van der Waals surface area contributed by atoms with Crippen molar-refractivity contribution >= 4 is 0 Å². The van der Waals surface area contributed by atoms with Gasteiger partial charge in [-0.1, -0.05) is 0 Å². The van der Waals surface area contributed by atoms with Crippen LogP contribution in [0.1, 0.15) is 40.4 Å². The Hall–Kier alpha value is -0.970. The standard InChI is InChI=1S/C9H19N5/c1-8(2,3)14-12-7(11-13-14)9(4,5)10-6/h10H,1-6H3. The summed E-state index contributed by atoms with van der Waals surface area (Å²) in [6.45, 7) is 10.2. The van der Waals surface area contributed by atoms with Gasteiger partial charge in [0.2, 0.25) is 0 Å². The van der Waals surface area contributed by atoms with Crippen LogP contribution in [0, 0.1) is 0 Å². The summed E-state index contributed by atoms with van der Waals surface area (Å²) in [5.41, 5.74) is -0.349. The van der Waals surface area contributed by atoms with Crippen LogP contribution in [0.15, 0.2) is 0 Å². The maximum Gasteiger partial charge on any atom is 0.194 e. The highest BCUT2D eigenvalue weighted by Crippen LogP contribution is 2.16. The lowest BCUT2D eigenvalue weighted by molar-refractivity contribution is 0.301. The zero-order valence-corrected chi connectivity index (χ0v) is 9.79. The fraction of sp³-hybridized carbons (Fsp3) is 0.889. The van der Waals surface area contributed by atoms with Gasteiger partial charge in [-0.25, -0.2) is 0 Å². The molecule has 0 aliphatic rings. The Bertz CT molecular complexity index is 307. The Balaban J connectivity index is 3.00. The van der Waals surface area contributed by atoms with E-state index in [1.807, 2.05) is 41.7 Å². The van der Waals surface area contributed by atoms with Crippen LogP contribution >= 0.6 is 0 Å². The Morgan fingerprint density at radius 1 is 1.14 bits per heavy atom. The first-order chi connectivity index (χ1) is 6.27. The minimum absolute atomic E-state index is 0.116. The SMILES string of the molecule is CNC(C)(C)c1nnn(C(C)(C)C)n1. The molecule has 0 aliphatic carbocycles. The molecule has 5 nitrogen and oxygen atoms in total. The van der Waals surface area contributed by atoms with Crippen LogP contribution in [0.3, 0.4) is 0 Å². The Kier molecular flexibility index (Phi) is 2.63. The second-order valence-corrected chi connectivity index (χ2v) is 4.95. The number of tetrazole rings is 1. The Morgan fingerprint density at radius 3 is 2.07 bits per heavy atom. The minimum atomic E-state index is -0.233. The highest BCUT2D eigenvalue weighted by atomic mass is 15.6. The number of hydrogen-bond acceptors (Lipinski definition) is 4. The van der Waals surface area contributed by atoms with Crippen LogP contribution in [-0.2, 0) is 11.1 Å². The van der Waals surface area contributed by atoms with Gasteiger partial charge < -0.3 is 5.32 Å². The van der Waals surface area contributed by atoms with Gasteiger partial charge in [0.05, 0.1) is 11.1 Å². The summed E-state index contributed by atoms with van der Waals surface area (Å²) in [6.07, 6.45) is 0. The van der Waals surface area contributed by atoms with Crippen molar-refractivity contribution in [2.75, 3.05) is 7.05 Å². The normalized spacial score (nSPS) is 13.3. The molecule has 0 spiro atoms. The highest BCUT2D eigenvalue weighted by molar-refractivity contribution is 4.97. The molecule has 0 atom stereocenters. The van der Waals surface area contributed by atoms with E-state index in [4.69, 9.17) is 0 Å². The molecule has 1 rings (SSSR count). The van der Waals surface area contributed by atoms with Crippen molar-refractivity contribution in [1.29, 1.82) is 0 Å². The summed E-state index contributed by atoms with van der Waals surface area (Å²) in [4.78, 5) is 1.64. The van der Waals surface area contributed by atoms with Crippen LogP contribution in [0.4, 0.5) is 0 Å². The fourth-order valence-electron chi connectivity index (χ4n) is 0.860. The van der Waals surface area contributed by atoms with Crippen molar-refractivity contribution in [3.63, 3.8) is 0 Å². The smallest absolute Gasteiger partial charge is 0.194 e. The predicted molar refractivity (Wildman–Crippen MR) is 54.9 cm³/mol. The lowest BCUT2D eigenvalue weighted by atomic mass is 10.1. The van der Waals surface area contributed by atoms with Gasteiger partial charge >= 0.3 is 0 Å². The number of aromatic nitrogens is 4. The molecule has 1 N–H and O–H groups in total. The van der Waals surface area contributed by atoms with E-state index >= 15 is 0 Å². The van der Waals surface area contributed by atoms with Crippen LogP contribution in [0.25, 0.3) is 0 Å². The van der Waals surface area contributed by atoms with E-state index < -0.39 is 0 Å². The van der Waals surface area contributed by atoms with E-state index in [0.29, 0.717) is 0 Å². The second kappa shape index (κ2) is 3.31. The molecule has 0 bridgehead atoms. The first-order valence-electron chi connectivity index (χ1n) is 4.77. The lowest BCUT2D eigenvalue weighted by Crippen LogP contribution is -2.35. The molecule has 0 saturated heterocycles. The highest BCUT2D eigenvalue weighted by Gasteiger charge is 2.26. The third-order valence-corrected chi connectivity index (χ3v) is 2.20. The van der Waals surface area contributed by atoms with Crippen molar-refractivity contribution in [3.8, 4) is 0 Å². The first-order valence-corrected chi connectivity index (χ1v) is 4.77. The molecule has 14 heavy (non-hydrogen) atoms. The third-order valence-electron chi connectivity index (χ3n) is 2.20. The molecular weight excluding hydrogens is 178 g/mol. The molecule has 0 fully saturated rings. The van der Waals surface area contributed by atoms with Gasteiger partial charge in [0.1, 0.15) is 0 Å². The molecule has 1 heterocycles. The van der Waals surface area contributed by atoms with E-state index in [9.17, 15) is 0 Å². The third kappa shape index (κ3) is 2.09. The first kappa shape index (κ1) is 11.1. The van der Waals surface area contributed by atoms with Gasteiger partial charge in [-0.15, -0.1) is 10.2 Å². The Labute approximate surface area is 84.9 Å². The van der Waals surface area contributed by atoms with E-state index in [-0.39, 0.29) is 11.1 Å². The molecule has 1 aromatic heterocycles. The maximum absolute atomic E-state index is 4.36. The van der Waals surface area contributed by atoms with E-state index in [1.54, 1.807) is 4.80 Å². The number of rotatable bonds is 2. The topological polar surface area (TPSA) is 55.6 Å². The van der Waals surface area contributed by atoms with E-state index in [2.05, 4.69) is 20.7 Å². The molecule has 5 heteroatoms. The molecular formula is C9H19N5. The van der Waals surface area contributed by atoms with Gasteiger partial charge in [0.25, 0.3) is 0 Å². The molecule has 0 aliphatic heterocycles.